The summed E-state index contributed by atoms with van der Waals surface area (Å²) in [6.45, 7) is 3.34. The van der Waals surface area contributed by atoms with Crippen molar-refractivity contribution in [3.63, 3.8) is 0 Å². The standard InChI is InChI=1S/2C20H31FN6O3/c2*1-12-23-17(25-15-8-4-5-9-15)16(21)18(24-12)26-27-19(28)14(11-22-20(29)30)10-13-6-2-3-7-13/h2*13-15,22H,2-11H2,1H3,(H,27,28)(H,29,30)(H2,23,24,25,26)/t2*14-/m11/s1. The monoisotopic (exact) mass is 844 g/mol. The third-order valence-electron chi connectivity index (χ3n) is 11.9. The minimum Gasteiger partial charge on any atom is -0.465 e. The number of aromatic nitrogens is 4. The second kappa shape index (κ2) is 22.9. The number of hydrazine groups is 2. The Balaban J connectivity index is 0.000000228. The number of hydrogen-bond donors (Lipinski definition) is 10. The van der Waals surface area contributed by atoms with Crippen molar-refractivity contribution < 1.29 is 38.2 Å². The lowest BCUT2D eigenvalue weighted by atomic mass is 9.92. The lowest BCUT2D eigenvalue weighted by Gasteiger charge is -2.21. The molecular formula is C40H62F2N12O6. The number of anilines is 4. The van der Waals surface area contributed by atoms with Crippen LogP contribution in [0, 0.1) is 49.2 Å². The van der Waals surface area contributed by atoms with E-state index in [1.165, 1.54) is 0 Å². The number of nitrogens with one attached hydrogen (secondary N) is 8. The Morgan fingerprint density at radius 2 is 0.867 bits per heavy atom. The Kier molecular flexibility index (Phi) is 17.5. The highest BCUT2D eigenvalue weighted by atomic mass is 19.1. The smallest absolute Gasteiger partial charge is 0.404 e. The van der Waals surface area contributed by atoms with Gasteiger partial charge in [0.05, 0.1) is 11.8 Å². The quantitative estimate of drug-likeness (QED) is 0.0732. The first-order valence-corrected chi connectivity index (χ1v) is 21.5. The lowest BCUT2D eigenvalue weighted by Crippen LogP contribution is -2.42. The van der Waals surface area contributed by atoms with E-state index in [0.717, 1.165) is 103 Å². The van der Waals surface area contributed by atoms with Crippen molar-refractivity contribution in [2.24, 2.45) is 23.7 Å². The summed E-state index contributed by atoms with van der Waals surface area (Å²) >= 11 is 0. The summed E-state index contributed by atoms with van der Waals surface area (Å²) < 4.78 is 29.7. The molecule has 2 heterocycles. The minimum atomic E-state index is -1.17. The summed E-state index contributed by atoms with van der Waals surface area (Å²) in [5.74, 6) is -1.58. The van der Waals surface area contributed by atoms with Gasteiger partial charge in [0.2, 0.25) is 23.4 Å². The van der Waals surface area contributed by atoms with Crippen molar-refractivity contribution in [1.29, 1.82) is 0 Å². The van der Waals surface area contributed by atoms with Gasteiger partial charge in [-0.25, -0.2) is 29.5 Å². The zero-order valence-electron chi connectivity index (χ0n) is 34.7. The third kappa shape index (κ3) is 14.5. The minimum absolute atomic E-state index is 0.0130. The molecule has 4 aliphatic rings. The first kappa shape index (κ1) is 45.8. The Morgan fingerprint density at radius 1 is 0.550 bits per heavy atom. The van der Waals surface area contributed by atoms with Crippen LogP contribution >= 0.6 is 0 Å². The molecule has 2 aromatic heterocycles. The lowest BCUT2D eigenvalue weighted by molar-refractivity contribution is -0.125. The molecule has 2 atom stereocenters. The number of halogens is 2. The van der Waals surface area contributed by atoms with Gasteiger partial charge in [0.15, 0.2) is 23.3 Å². The van der Waals surface area contributed by atoms with Gasteiger partial charge in [0.25, 0.3) is 0 Å². The van der Waals surface area contributed by atoms with Crippen molar-refractivity contribution in [1.82, 2.24) is 41.4 Å². The molecule has 4 aliphatic carbocycles. The molecule has 4 amide bonds. The molecule has 0 aromatic carbocycles. The van der Waals surface area contributed by atoms with Crippen LogP contribution < -0.4 is 43.0 Å². The fraction of sp³-hybridized carbons (Fsp3) is 0.700. The summed E-state index contributed by atoms with van der Waals surface area (Å²) in [7, 11) is 0. The van der Waals surface area contributed by atoms with Gasteiger partial charge < -0.3 is 31.5 Å². The van der Waals surface area contributed by atoms with E-state index in [1.807, 2.05) is 0 Å². The van der Waals surface area contributed by atoms with Crippen LogP contribution in [0.2, 0.25) is 0 Å². The van der Waals surface area contributed by atoms with Crippen LogP contribution in [0.25, 0.3) is 0 Å². The number of carboxylic acid groups (broad SMARTS) is 2. The number of hydrogen-bond acceptors (Lipinski definition) is 12. The molecule has 0 aliphatic heterocycles. The maximum atomic E-state index is 14.8. The molecule has 10 N–H and O–H groups in total. The van der Waals surface area contributed by atoms with E-state index in [1.54, 1.807) is 13.8 Å². The molecule has 2 aromatic rings. The summed E-state index contributed by atoms with van der Waals surface area (Å²) in [6.07, 6.45) is 15.9. The van der Waals surface area contributed by atoms with Crippen LogP contribution in [0.4, 0.5) is 41.6 Å². The largest absolute Gasteiger partial charge is 0.465 e. The zero-order chi connectivity index (χ0) is 43.0. The Morgan fingerprint density at radius 3 is 1.20 bits per heavy atom. The van der Waals surface area contributed by atoms with Crippen LogP contribution in [-0.2, 0) is 9.59 Å². The predicted octanol–water partition coefficient (Wildman–Crippen LogP) is 6.37. The normalized spacial score (nSPS) is 18.2. The maximum Gasteiger partial charge on any atom is 0.404 e. The first-order chi connectivity index (χ1) is 28.8. The molecule has 20 heteroatoms. The molecule has 0 radical (unpaired) electrons. The zero-order valence-corrected chi connectivity index (χ0v) is 34.7. The van der Waals surface area contributed by atoms with Gasteiger partial charge in [-0.15, -0.1) is 0 Å². The summed E-state index contributed by atoms with van der Waals surface area (Å²) in [5.41, 5.74) is 10.2. The third-order valence-corrected chi connectivity index (χ3v) is 11.9. The topological polar surface area (TPSA) is 257 Å². The maximum absolute atomic E-state index is 14.8. The SMILES string of the molecule is Cc1nc(NNC(=O)[C@@H](CNC(=O)O)CC2CCCC2)c(F)c(NC2CCCC2)n1.Cc1nc(NNC(=O)[C@@H](CNC(=O)O)CC2CCCC2)c(F)c(NC2CCCC2)n1. The van der Waals surface area contributed by atoms with E-state index in [0.29, 0.717) is 36.3 Å². The van der Waals surface area contributed by atoms with Gasteiger partial charge in [0.1, 0.15) is 11.6 Å². The molecule has 0 spiro atoms. The summed E-state index contributed by atoms with van der Waals surface area (Å²) in [5, 5.41) is 28.6. The van der Waals surface area contributed by atoms with E-state index < -0.39 is 47.5 Å². The van der Waals surface area contributed by atoms with Crippen molar-refractivity contribution >= 4 is 47.3 Å². The number of amides is 4. The van der Waals surface area contributed by atoms with Gasteiger partial charge in [-0.1, -0.05) is 77.0 Å². The number of carbonyl (C=O) groups excluding carboxylic acids is 2. The second-order valence-corrected chi connectivity index (χ2v) is 16.6. The Hall–Kier alpha value is -5.30. The molecule has 6 rings (SSSR count). The van der Waals surface area contributed by atoms with Crippen LogP contribution in [0.3, 0.4) is 0 Å². The van der Waals surface area contributed by atoms with Crippen LogP contribution in [0.15, 0.2) is 0 Å². The van der Waals surface area contributed by atoms with E-state index in [2.05, 4.69) is 62.9 Å². The van der Waals surface area contributed by atoms with Crippen molar-refractivity contribution in [2.75, 3.05) is 34.6 Å². The first-order valence-electron chi connectivity index (χ1n) is 21.5. The van der Waals surface area contributed by atoms with Crippen molar-refractivity contribution in [3.8, 4) is 0 Å². The average molecular weight is 845 g/mol. The van der Waals surface area contributed by atoms with Crippen molar-refractivity contribution in [2.45, 2.75) is 142 Å². The van der Waals surface area contributed by atoms with E-state index >= 15 is 0 Å². The predicted molar refractivity (Wildman–Crippen MR) is 221 cm³/mol. The van der Waals surface area contributed by atoms with Crippen molar-refractivity contribution in [3.05, 3.63) is 23.3 Å². The molecular weight excluding hydrogens is 783 g/mol. The van der Waals surface area contributed by atoms with Gasteiger partial charge in [-0.2, -0.15) is 8.78 Å². The molecule has 60 heavy (non-hydrogen) atoms. The van der Waals surface area contributed by atoms with Crippen LogP contribution in [0.1, 0.15) is 127 Å². The van der Waals surface area contributed by atoms with Crippen LogP contribution in [-0.4, -0.2) is 79.3 Å². The number of carbonyl (C=O) groups is 4. The van der Waals surface area contributed by atoms with Crippen LogP contribution in [0.5, 0.6) is 0 Å². The Labute approximate surface area is 349 Å². The fourth-order valence-corrected chi connectivity index (χ4v) is 8.73. The van der Waals surface area contributed by atoms with Gasteiger partial charge in [-0.3, -0.25) is 31.3 Å². The number of rotatable bonds is 18. The molecule has 4 saturated carbocycles. The molecule has 0 saturated heterocycles. The summed E-state index contributed by atoms with van der Waals surface area (Å²) in [6, 6.07) is 0.378. The highest BCUT2D eigenvalue weighted by Crippen LogP contribution is 2.32. The number of aryl methyl sites for hydroxylation is 2. The van der Waals surface area contributed by atoms with E-state index in [-0.39, 0.29) is 48.4 Å². The molecule has 18 nitrogen and oxygen atoms in total. The second-order valence-electron chi connectivity index (χ2n) is 16.6. The van der Waals surface area contributed by atoms with Gasteiger partial charge in [-0.05, 0) is 64.2 Å². The van der Waals surface area contributed by atoms with E-state index in [9.17, 15) is 28.0 Å². The molecule has 332 valence electrons. The highest BCUT2D eigenvalue weighted by Gasteiger charge is 2.28. The summed E-state index contributed by atoms with van der Waals surface area (Å²) in [4.78, 5) is 63.5. The van der Waals surface area contributed by atoms with Gasteiger partial charge >= 0.3 is 12.2 Å². The molecule has 4 fully saturated rings. The number of nitrogens with zero attached hydrogens (tertiary/aromatic N) is 4. The van der Waals surface area contributed by atoms with Gasteiger partial charge in [0, 0.05) is 25.2 Å². The Bertz CT molecular complexity index is 1630. The highest BCUT2D eigenvalue weighted by molar-refractivity contribution is 5.81. The van der Waals surface area contributed by atoms with E-state index in [4.69, 9.17) is 10.2 Å². The average Bonchev–Trinajstić information content (AvgIpc) is 4.07. The molecule has 0 unspecified atom stereocenters. The fourth-order valence-electron chi connectivity index (χ4n) is 8.73. The molecule has 0 bridgehead atoms.